The summed E-state index contributed by atoms with van der Waals surface area (Å²) in [4.78, 5) is 29.2. The summed E-state index contributed by atoms with van der Waals surface area (Å²) in [6, 6.07) is 2.73. The van der Waals surface area contributed by atoms with E-state index in [0.29, 0.717) is 17.9 Å². The highest BCUT2D eigenvalue weighted by molar-refractivity contribution is 5.67. The van der Waals surface area contributed by atoms with Gasteiger partial charge in [0.25, 0.3) is 0 Å². The van der Waals surface area contributed by atoms with Crippen molar-refractivity contribution >= 4 is 6.09 Å². The lowest BCUT2D eigenvalue weighted by atomic mass is 9.81. The Morgan fingerprint density at radius 3 is 2.61 bits per heavy atom. The maximum absolute atomic E-state index is 11.8. The highest BCUT2D eigenvalue weighted by atomic mass is 16.4. The van der Waals surface area contributed by atoms with Crippen LogP contribution in [-0.2, 0) is 5.54 Å². The van der Waals surface area contributed by atoms with Crippen LogP contribution in [0.25, 0.3) is 0 Å². The molecule has 1 fully saturated rings. The number of aliphatic hydroxyl groups is 1. The first-order valence-electron chi connectivity index (χ1n) is 7.07. The van der Waals surface area contributed by atoms with E-state index in [1.165, 1.54) is 23.8 Å². The van der Waals surface area contributed by atoms with Gasteiger partial charge in [-0.2, -0.15) is 0 Å². The number of aliphatic hydroxyl groups excluding tert-OH is 1. The van der Waals surface area contributed by atoms with Crippen LogP contribution >= 0.6 is 0 Å². The second-order valence-electron chi connectivity index (χ2n) is 5.13. The maximum Gasteiger partial charge on any atom is 0.408 e. The Balaban J connectivity index is 2.18. The summed E-state index contributed by atoms with van der Waals surface area (Å²) in [6.45, 7) is 0.216. The standard InChI is InChI=1S/C14H16N6O3/c21-7-14(11-2-4-16-9-19-11)12(10-1-3-15-8-18-10)17-5-6-20(14)13(22)23/h1-4,8-9,12,17,21H,5-7H2,(H,22,23). The van der Waals surface area contributed by atoms with Crippen molar-refractivity contribution in [2.75, 3.05) is 19.7 Å². The molecule has 3 heterocycles. The molecule has 23 heavy (non-hydrogen) atoms. The molecule has 2 aromatic heterocycles. The second kappa shape index (κ2) is 6.23. The summed E-state index contributed by atoms with van der Waals surface area (Å²) in [5.41, 5.74) is -0.298. The van der Waals surface area contributed by atoms with E-state index in [1.54, 1.807) is 18.3 Å². The maximum atomic E-state index is 11.8. The molecule has 2 atom stereocenters. The summed E-state index contributed by atoms with van der Waals surface area (Å²) >= 11 is 0. The van der Waals surface area contributed by atoms with Gasteiger partial charge in [0.05, 0.1) is 24.0 Å². The zero-order valence-electron chi connectivity index (χ0n) is 12.2. The highest BCUT2D eigenvalue weighted by Gasteiger charge is 2.52. The first-order valence-corrected chi connectivity index (χ1v) is 7.07. The molecule has 0 spiro atoms. The number of amides is 1. The lowest BCUT2D eigenvalue weighted by Crippen LogP contribution is -2.64. The van der Waals surface area contributed by atoms with Crippen molar-refractivity contribution in [3.05, 3.63) is 48.6 Å². The van der Waals surface area contributed by atoms with Gasteiger partial charge in [0.15, 0.2) is 0 Å². The van der Waals surface area contributed by atoms with Gasteiger partial charge in [-0.15, -0.1) is 0 Å². The van der Waals surface area contributed by atoms with Crippen molar-refractivity contribution in [1.29, 1.82) is 0 Å². The lowest BCUT2D eigenvalue weighted by molar-refractivity contribution is -0.0206. The Bertz CT molecular complexity index is 671. The zero-order valence-corrected chi connectivity index (χ0v) is 12.2. The minimum absolute atomic E-state index is 0.224. The number of hydrogen-bond acceptors (Lipinski definition) is 7. The van der Waals surface area contributed by atoms with Crippen LogP contribution in [0.4, 0.5) is 4.79 Å². The minimum atomic E-state index is -1.29. The molecule has 0 saturated carbocycles. The van der Waals surface area contributed by atoms with Crippen molar-refractivity contribution in [1.82, 2.24) is 30.2 Å². The molecule has 0 aromatic carbocycles. The van der Waals surface area contributed by atoms with Crippen LogP contribution in [0.5, 0.6) is 0 Å². The molecule has 2 aromatic rings. The number of hydrogen-bond donors (Lipinski definition) is 3. The van der Waals surface area contributed by atoms with Crippen molar-refractivity contribution in [3.63, 3.8) is 0 Å². The van der Waals surface area contributed by atoms with Gasteiger partial charge in [-0.25, -0.2) is 24.7 Å². The predicted octanol–water partition coefficient (Wildman–Crippen LogP) is -0.221. The fraction of sp³-hybridized carbons (Fsp3) is 0.357. The number of nitrogens with one attached hydrogen (secondary N) is 1. The number of piperazine rings is 1. The Morgan fingerprint density at radius 1 is 1.30 bits per heavy atom. The quantitative estimate of drug-likeness (QED) is 0.710. The summed E-state index contributed by atoms with van der Waals surface area (Å²) in [5, 5.41) is 23.1. The van der Waals surface area contributed by atoms with Gasteiger partial charge in [-0.1, -0.05) is 0 Å². The van der Waals surface area contributed by atoms with Gasteiger partial charge in [-0.3, -0.25) is 4.90 Å². The van der Waals surface area contributed by atoms with E-state index < -0.39 is 24.3 Å². The minimum Gasteiger partial charge on any atom is -0.465 e. The molecule has 1 amide bonds. The summed E-state index contributed by atoms with van der Waals surface area (Å²) in [5.74, 6) is 0. The lowest BCUT2D eigenvalue weighted by Gasteiger charge is -2.49. The Morgan fingerprint density at radius 2 is 2.04 bits per heavy atom. The van der Waals surface area contributed by atoms with Gasteiger partial charge in [-0.05, 0) is 12.1 Å². The molecule has 0 radical (unpaired) electrons. The van der Waals surface area contributed by atoms with Crippen LogP contribution in [0, 0.1) is 0 Å². The molecule has 3 N–H and O–H groups in total. The molecule has 0 bridgehead atoms. The fourth-order valence-corrected chi connectivity index (χ4v) is 3.02. The normalized spacial score (nSPS) is 24.4. The van der Waals surface area contributed by atoms with E-state index in [2.05, 4.69) is 25.3 Å². The summed E-state index contributed by atoms with van der Waals surface area (Å²) in [6.07, 6.45) is 4.69. The third kappa shape index (κ3) is 2.49. The van der Waals surface area contributed by atoms with Gasteiger partial charge in [0.1, 0.15) is 18.2 Å². The second-order valence-corrected chi connectivity index (χ2v) is 5.13. The third-order valence-electron chi connectivity index (χ3n) is 4.04. The van der Waals surface area contributed by atoms with E-state index >= 15 is 0 Å². The van der Waals surface area contributed by atoms with Crippen molar-refractivity contribution in [3.8, 4) is 0 Å². The molecule has 1 aliphatic heterocycles. The van der Waals surface area contributed by atoms with Gasteiger partial charge >= 0.3 is 6.09 Å². The molecular formula is C14H16N6O3. The Hall–Kier alpha value is -2.65. The average Bonchev–Trinajstić information content (AvgIpc) is 2.62. The molecule has 1 aliphatic rings. The molecule has 2 unspecified atom stereocenters. The molecule has 1 saturated heterocycles. The van der Waals surface area contributed by atoms with Crippen LogP contribution < -0.4 is 5.32 Å². The first kappa shape index (κ1) is 15.3. The van der Waals surface area contributed by atoms with E-state index in [4.69, 9.17) is 0 Å². The average molecular weight is 316 g/mol. The fourth-order valence-electron chi connectivity index (χ4n) is 3.02. The van der Waals surface area contributed by atoms with Gasteiger partial charge in [0, 0.05) is 25.5 Å². The monoisotopic (exact) mass is 316 g/mol. The molecule has 0 aliphatic carbocycles. The van der Waals surface area contributed by atoms with E-state index in [-0.39, 0.29) is 6.54 Å². The number of nitrogens with zero attached hydrogens (tertiary/aromatic N) is 5. The molecule has 3 rings (SSSR count). The van der Waals surface area contributed by atoms with Gasteiger partial charge < -0.3 is 15.5 Å². The van der Waals surface area contributed by atoms with E-state index in [1.807, 2.05) is 0 Å². The van der Waals surface area contributed by atoms with Gasteiger partial charge in [0.2, 0.25) is 0 Å². The molecule has 120 valence electrons. The topological polar surface area (TPSA) is 124 Å². The molecule has 9 heteroatoms. The number of carbonyl (C=O) groups is 1. The smallest absolute Gasteiger partial charge is 0.408 e. The Kier molecular flexibility index (Phi) is 4.13. The Labute approximate surface area is 132 Å². The zero-order chi connectivity index (χ0) is 16.3. The number of aromatic nitrogens is 4. The largest absolute Gasteiger partial charge is 0.465 e. The van der Waals surface area contributed by atoms with Crippen molar-refractivity contribution in [2.24, 2.45) is 0 Å². The van der Waals surface area contributed by atoms with Crippen LogP contribution in [0.3, 0.4) is 0 Å². The first-order chi connectivity index (χ1) is 11.2. The van der Waals surface area contributed by atoms with E-state index in [0.717, 1.165) is 0 Å². The van der Waals surface area contributed by atoms with Crippen LogP contribution in [0.15, 0.2) is 37.2 Å². The van der Waals surface area contributed by atoms with Crippen LogP contribution in [0.1, 0.15) is 17.4 Å². The molecule has 9 nitrogen and oxygen atoms in total. The van der Waals surface area contributed by atoms with E-state index in [9.17, 15) is 15.0 Å². The third-order valence-corrected chi connectivity index (χ3v) is 4.04. The predicted molar refractivity (Wildman–Crippen MR) is 78.3 cm³/mol. The van der Waals surface area contributed by atoms with Crippen molar-refractivity contribution < 1.29 is 15.0 Å². The van der Waals surface area contributed by atoms with Crippen LogP contribution in [0.2, 0.25) is 0 Å². The van der Waals surface area contributed by atoms with Crippen molar-refractivity contribution in [2.45, 2.75) is 11.6 Å². The highest BCUT2D eigenvalue weighted by Crippen LogP contribution is 2.40. The summed E-state index contributed by atoms with van der Waals surface area (Å²) in [7, 11) is 0. The molecular weight excluding hydrogens is 300 g/mol. The summed E-state index contributed by atoms with van der Waals surface area (Å²) < 4.78 is 0. The van der Waals surface area contributed by atoms with Crippen LogP contribution in [-0.4, -0.2) is 60.8 Å². The number of carboxylic acid groups (broad SMARTS) is 1. The number of rotatable bonds is 3. The SMILES string of the molecule is O=C(O)N1CCNC(c2ccncn2)C1(CO)c1ccncn1.